The van der Waals surface area contributed by atoms with Crippen molar-refractivity contribution >= 4 is 11.6 Å². The highest BCUT2D eigenvalue weighted by molar-refractivity contribution is 6.32. The number of hydrogen-bond donors (Lipinski definition) is 1. The van der Waals surface area contributed by atoms with Crippen LogP contribution < -0.4 is 10.5 Å². The van der Waals surface area contributed by atoms with E-state index in [1.54, 1.807) is 7.11 Å². The second-order valence-corrected chi connectivity index (χ2v) is 5.45. The van der Waals surface area contributed by atoms with E-state index < -0.39 is 0 Å². The molecule has 0 saturated carbocycles. The van der Waals surface area contributed by atoms with Gasteiger partial charge in [0.05, 0.1) is 17.2 Å². The highest BCUT2D eigenvalue weighted by Gasteiger charge is 2.16. The van der Waals surface area contributed by atoms with Gasteiger partial charge in [0.2, 0.25) is 0 Å². The number of methoxy groups -OCH3 is 1. The van der Waals surface area contributed by atoms with E-state index in [0.29, 0.717) is 17.4 Å². The third-order valence-electron chi connectivity index (χ3n) is 3.00. The molecule has 0 aliphatic rings. The summed E-state index contributed by atoms with van der Waals surface area (Å²) in [6.45, 7) is 6.54. The lowest BCUT2D eigenvalue weighted by Crippen LogP contribution is -2.25. The van der Waals surface area contributed by atoms with E-state index in [1.807, 2.05) is 39.0 Å². The molecule has 18 heavy (non-hydrogen) atoms. The number of rotatable bonds is 6. The smallest absolute Gasteiger partial charge is 0.137 e. The molecule has 0 aliphatic carbocycles. The molecule has 0 spiro atoms. The molecule has 102 valence electrons. The van der Waals surface area contributed by atoms with Crippen LogP contribution in [0.3, 0.4) is 0 Å². The third-order valence-corrected chi connectivity index (χ3v) is 3.29. The average Bonchev–Trinajstić information content (AvgIpc) is 2.31. The van der Waals surface area contributed by atoms with Crippen LogP contribution in [0.1, 0.15) is 38.8 Å². The van der Waals surface area contributed by atoms with E-state index >= 15 is 0 Å². The summed E-state index contributed by atoms with van der Waals surface area (Å²) in [5.41, 5.74) is 6.61. The molecule has 4 heteroatoms. The minimum absolute atomic E-state index is 0.0241. The van der Waals surface area contributed by atoms with Gasteiger partial charge in [0.1, 0.15) is 5.75 Å². The van der Waals surface area contributed by atoms with Crippen LogP contribution in [0.4, 0.5) is 0 Å². The molecule has 2 N–H and O–H groups in total. The van der Waals surface area contributed by atoms with Gasteiger partial charge in [-0.3, -0.25) is 0 Å². The van der Waals surface area contributed by atoms with Crippen LogP contribution in [-0.4, -0.2) is 19.3 Å². The zero-order chi connectivity index (χ0) is 13.8. The number of nitrogens with two attached hydrogens (primary N) is 1. The van der Waals surface area contributed by atoms with Crippen LogP contribution in [0.25, 0.3) is 0 Å². The van der Waals surface area contributed by atoms with Crippen molar-refractivity contribution in [3.63, 3.8) is 0 Å². The normalized spacial score (nSPS) is 13.4. The Hall–Kier alpha value is -0.770. The van der Waals surface area contributed by atoms with E-state index in [4.69, 9.17) is 26.8 Å². The predicted molar refractivity (Wildman–Crippen MR) is 75.3 cm³/mol. The van der Waals surface area contributed by atoms with Crippen LogP contribution in [-0.2, 0) is 4.74 Å². The number of hydrogen-bond acceptors (Lipinski definition) is 3. The van der Waals surface area contributed by atoms with Crippen molar-refractivity contribution in [1.29, 1.82) is 0 Å². The minimum atomic E-state index is -0.182. The molecule has 1 aromatic rings. The van der Waals surface area contributed by atoms with E-state index in [9.17, 15) is 0 Å². The summed E-state index contributed by atoms with van der Waals surface area (Å²) in [5, 5.41) is 0.597. The lowest BCUT2D eigenvalue weighted by molar-refractivity contribution is 0.00546. The molecule has 0 saturated heterocycles. The molecule has 0 unspecified atom stereocenters. The summed E-state index contributed by atoms with van der Waals surface area (Å²) in [7, 11) is 1.70. The van der Waals surface area contributed by atoms with Crippen LogP contribution in [0.15, 0.2) is 18.2 Å². The molecule has 0 fully saturated rings. The van der Waals surface area contributed by atoms with E-state index in [0.717, 1.165) is 12.0 Å². The van der Waals surface area contributed by atoms with Crippen molar-refractivity contribution in [3.05, 3.63) is 28.8 Å². The van der Waals surface area contributed by atoms with Crippen LogP contribution >= 0.6 is 11.6 Å². The first kappa shape index (κ1) is 15.3. The van der Waals surface area contributed by atoms with Gasteiger partial charge in [0, 0.05) is 19.6 Å². The highest BCUT2D eigenvalue weighted by Crippen LogP contribution is 2.28. The van der Waals surface area contributed by atoms with E-state index in [2.05, 4.69) is 0 Å². The Morgan fingerprint density at radius 2 is 2.06 bits per heavy atom. The summed E-state index contributed by atoms with van der Waals surface area (Å²) in [6, 6.07) is 5.63. The van der Waals surface area contributed by atoms with Crippen molar-refractivity contribution in [2.24, 2.45) is 5.73 Å². The maximum Gasteiger partial charge on any atom is 0.137 e. The quantitative estimate of drug-likeness (QED) is 0.860. The average molecular weight is 272 g/mol. The summed E-state index contributed by atoms with van der Waals surface area (Å²) >= 11 is 6.15. The Morgan fingerprint density at radius 3 is 2.56 bits per heavy atom. The van der Waals surface area contributed by atoms with Crippen molar-refractivity contribution in [2.75, 3.05) is 13.7 Å². The maximum absolute atomic E-state index is 6.15. The first-order chi connectivity index (χ1) is 8.35. The van der Waals surface area contributed by atoms with Crippen LogP contribution in [0.2, 0.25) is 5.02 Å². The van der Waals surface area contributed by atoms with Gasteiger partial charge in [-0.1, -0.05) is 17.7 Å². The minimum Gasteiger partial charge on any atom is -0.492 e. The standard InChI is InChI=1S/C14H22ClNO2/c1-10(16)11-5-6-13(12(15)9-11)18-8-7-14(2,3)17-4/h5-6,9-10H,7-8,16H2,1-4H3/t10-/m0/s1. The molecular formula is C14H22ClNO2. The molecule has 0 aliphatic heterocycles. The third kappa shape index (κ3) is 4.48. The Bertz CT molecular complexity index is 391. The van der Waals surface area contributed by atoms with Gasteiger partial charge in [0.25, 0.3) is 0 Å². The van der Waals surface area contributed by atoms with E-state index in [-0.39, 0.29) is 11.6 Å². The second kappa shape index (κ2) is 6.41. The molecule has 0 amide bonds. The Kier molecular flexibility index (Phi) is 5.45. The van der Waals surface area contributed by atoms with Crippen LogP contribution in [0.5, 0.6) is 5.75 Å². The van der Waals surface area contributed by atoms with Gasteiger partial charge in [-0.2, -0.15) is 0 Å². The second-order valence-electron chi connectivity index (χ2n) is 5.04. The van der Waals surface area contributed by atoms with E-state index in [1.165, 1.54) is 0 Å². The fourth-order valence-electron chi connectivity index (χ4n) is 1.43. The molecule has 0 heterocycles. The van der Waals surface area contributed by atoms with Crippen molar-refractivity contribution < 1.29 is 9.47 Å². The van der Waals surface area contributed by atoms with Gasteiger partial charge in [-0.05, 0) is 38.5 Å². The zero-order valence-corrected chi connectivity index (χ0v) is 12.3. The number of ether oxygens (including phenoxy) is 2. The SMILES string of the molecule is COC(C)(C)CCOc1ccc([C@H](C)N)cc1Cl. The first-order valence-electron chi connectivity index (χ1n) is 6.09. The fourth-order valence-corrected chi connectivity index (χ4v) is 1.67. The summed E-state index contributed by atoms with van der Waals surface area (Å²) in [5.74, 6) is 0.688. The number of halogens is 1. The summed E-state index contributed by atoms with van der Waals surface area (Å²) < 4.78 is 11.0. The lowest BCUT2D eigenvalue weighted by Gasteiger charge is -2.22. The van der Waals surface area contributed by atoms with Gasteiger partial charge >= 0.3 is 0 Å². The lowest BCUT2D eigenvalue weighted by atomic mass is 10.1. The zero-order valence-electron chi connectivity index (χ0n) is 11.5. The van der Waals surface area contributed by atoms with Gasteiger partial charge in [0.15, 0.2) is 0 Å². The monoisotopic (exact) mass is 271 g/mol. The van der Waals surface area contributed by atoms with Crippen molar-refractivity contribution in [3.8, 4) is 5.75 Å². The molecular weight excluding hydrogens is 250 g/mol. The maximum atomic E-state index is 6.15. The summed E-state index contributed by atoms with van der Waals surface area (Å²) in [6.07, 6.45) is 0.800. The molecule has 1 rings (SSSR count). The van der Waals surface area contributed by atoms with Crippen molar-refractivity contribution in [1.82, 2.24) is 0 Å². The predicted octanol–water partition coefficient (Wildman–Crippen LogP) is 3.55. The highest BCUT2D eigenvalue weighted by atomic mass is 35.5. The molecule has 1 atom stereocenters. The topological polar surface area (TPSA) is 44.5 Å². The Morgan fingerprint density at radius 1 is 1.39 bits per heavy atom. The summed E-state index contributed by atoms with van der Waals surface area (Å²) in [4.78, 5) is 0. The molecule has 3 nitrogen and oxygen atoms in total. The Labute approximate surface area is 114 Å². The largest absolute Gasteiger partial charge is 0.492 e. The molecule has 0 bridgehead atoms. The molecule has 0 radical (unpaired) electrons. The first-order valence-corrected chi connectivity index (χ1v) is 6.46. The molecule has 1 aromatic carbocycles. The fraction of sp³-hybridized carbons (Fsp3) is 0.571. The van der Waals surface area contributed by atoms with Gasteiger partial charge in [-0.25, -0.2) is 0 Å². The van der Waals surface area contributed by atoms with Crippen LogP contribution in [0, 0.1) is 0 Å². The number of benzene rings is 1. The molecule has 0 aromatic heterocycles. The van der Waals surface area contributed by atoms with Gasteiger partial charge < -0.3 is 15.2 Å². The van der Waals surface area contributed by atoms with Crippen molar-refractivity contribution in [2.45, 2.75) is 38.8 Å². The van der Waals surface area contributed by atoms with Gasteiger partial charge in [-0.15, -0.1) is 0 Å². The Balaban J connectivity index is 2.58.